The van der Waals surface area contributed by atoms with Crippen molar-refractivity contribution in [1.29, 1.82) is 0 Å². The molecule has 0 saturated carbocycles. The Bertz CT molecular complexity index is 526. The molecule has 2 aromatic rings. The molecule has 2 rings (SSSR count). The van der Waals surface area contributed by atoms with E-state index in [9.17, 15) is 4.39 Å². The van der Waals surface area contributed by atoms with Crippen LogP contribution in [0.2, 0.25) is 0 Å². The van der Waals surface area contributed by atoms with Crippen molar-refractivity contribution >= 4 is 51.3 Å². The number of thioether (sulfide) groups is 1. The quantitative estimate of drug-likeness (QED) is 0.865. The number of nitrogens with zero attached hydrogens (tertiary/aromatic N) is 2. The van der Waals surface area contributed by atoms with Crippen LogP contribution in [0.3, 0.4) is 0 Å². The minimum atomic E-state index is -0.224. The molecular weight excluding hydrogens is 340 g/mol. The number of nitrogens with two attached hydrogens (primary N) is 1. The summed E-state index contributed by atoms with van der Waals surface area (Å²) in [6.45, 7) is 0.754. The van der Waals surface area contributed by atoms with Gasteiger partial charge < -0.3 is 10.3 Å². The third kappa shape index (κ3) is 2.13. The van der Waals surface area contributed by atoms with Gasteiger partial charge in [0.15, 0.2) is 0 Å². The fourth-order valence-electron chi connectivity index (χ4n) is 1.56. The molecule has 0 saturated heterocycles. The van der Waals surface area contributed by atoms with Gasteiger partial charge in [-0.1, -0.05) is 0 Å². The van der Waals surface area contributed by atoms with Gasteiger partial charge in [-0.3, -0.25) is 0 Å². The van der Waals surface area contributed by atoms with Gasteiger partial charge in [0.2, 0.25) is 5.95 Å². The van der Waals surface area contributed by atoms with E-state index in [-0.39, 0.29) is 5.82 Å². The first-order valence-electron chi connectivity index (χ1n) is 4.73. The first kappa shape index (κ1) is 12.0. The molecule has 0 unspecified atom stereocenters. The zero-order valence-electron chi connectivity index (χ0n) is 8.70. The number of anilines is 1. The lowest BCUT2D eigenvalue weighted by Crippen LogP contribution is -2.05. The maximum atomic E-state index is 13.5. The van der Waals surface area contributed by atoms with E-state index in [4.69, 9.17) is 5.73 Å². The minimum absolute atomic E-state index is 0.224. The second-order valence-electron chi connectivity index (χ2n) is 3.37. The van der Waals surface area contributed by atoms with Crippen molar-refractivity contribution in [3.8, 4) is 0 Å². The normalized spacial score (nSPS) is 11.2. The summed E-state index contributed by atoms with van der Waals surface area (Å²) < 4.78 is 15.9. The number of benzene rings is 1. The van der Waals surface area contributed by atoms with Crippen LogP contribution in [0.25, 0.3) is 11.0 Å². The van der Waals surface area contributed by atoms with E-state index in [0.29, 0.717) is 9.52 Å². The Morgan fingerprint density at radius 1 is 1.56 bits per heavy atom. The predicted molar refractivity (Wildman–Crippen MR) is 75.2 cm³/mol. The molecular formula is C10H11FIN3S. The van der Waals surface area contributed by atoms with Crippen molar-refractivity contribution in [1.82, 2.24) is 9.55 Å². The number of fused-ring (bicyclic) bond motifs is 1. The Morgan fingerprint density at radius 3 is 3.00 bits per heavy atom. The van der Waals surface area contributed by atoms with E-state index in [1.165, 1.54) is 6.07 Å². The summed E-state index contributed by atoms with van der Waals surface area (Å²) in [6.07, 6.45) is 2.03. The van der Waals surface area contributed by atoms with Gasteiger partial charge in [-0.05, 0) is 34.9 Å². The Kier molecular flexibility index (Phi) is 3.58. The average molecular weight is 351 g/mol. The molecule has 2 N–H and O–H groups in total. The predicted octanol–water partition coefficient (Wildman–Crippen LogP) is 2.73. The molecule has 0 spiro atoms. The maximum Gasteiger partial charge on any atom is 0.201 e. The Balaban J connectivity index is 2.55. The minimum Gasteiger partial charge on any atom is -0.369 e. The number of aromatic nitrogens is 2. The lowest BCUT2D eigenvalue weighted by Gasteiger charge is -2.04. The Labute approximate surface area is 111 Å². The number of aryl methyl sites for hydroxylation is 1. The van der Waals surface area contributed by atoms with E-state index in [1.54, 1.807) is 17.8 Å². The zero-order valence-corrected chi connectivity index (χ0v) is 11.7. The number of rotatable bonds is 3. The highest BCUT2D eigenvalue weighted by atomic mass is 127. The summed E-state index contributed by atoms with van der Waals surface area (Å²) >= 11 is 3.68. The van der Waals surface area contributed by atoms with Crippen molar-refractivity contribution in [2.45, 2.75) is 6.54 Å². The van der Waals surface area contributed by atoms with E-state index >= 15 is 0 Å². The van der Waals surface area contributed by atoms with Gasteiger partial charge in [-0.25, -0.2) is 9.37 Å². The maximum absolute atomic E-state index is 13.5. The van der Waals surface area contributed by atoms with Crippen LogP contribution >= 0.6 is 34.4 Å². The van der Waals surface area contributed by atoms with Gasteiger partial charge in [-0.2, -0.15) is 11.8 Å². The molecule has 16 heavy (non-hydrogen) atoms. The van der Waals surface area contributed by atoms with E-state index < -0.39 is 0 Å². The molecule has 3 nitrogen and oxygen atoms in total. The highest BCUT2D eigenvalue weighted by Gasteiger charge is 2.10. The summed E-state index contributed by atoms with van der Waals surface area (Å²) in [5.74, 6) is 1.16. The van der Waals surface area contributed by atoms with Gasteiger partial charge in [0, 0.05) is 18.4 Å². The summed E-state index contributed by atoms with van der Waals surface area (Å²) in [5, 5.41) is 0. The van der Waals surface area contributed by atoms with Crippen LogP contribution in [-0.4, -0.2) is 21.6 Å². The molecule has 0 bridgehead atoms. The van der Waals surface area contributed by atoms with Crippen molar-refractivity contribution in [2.75, 3.05) is 17.7 Å². The topological polar surface area (TPSA) is 43.8 Å². The van der Waals surface area contributed by atoms with Gasteiger partial charge in [0.05, 0.1) is 14.6 Å². The molecule has 0 amide bonds. The lowest BCUT2D eigenvalue weighted by molar-refractivity contribution is 0.621. The van der Waals surface area contributed by atoms with Crippen LogP contribution in [0, 0.1) is 9.39 Å². The SMILES string of the molecule is CSCCn1c(N)nc2cc(I)c(F)cc21. The molecule has 86 valence electrons. The summed E-state index contributed by atoms with van der Waals surface area (Å²) in [5.41, 5.74) is 7.33. The van der Waals surface area contributed by atoms with Gasteiger partial charge in [0.25, 0.3) is 0 Å². The average Bonchev–Trinajstić information content (AvgIpc) is 2.52. The van der Waals surface area contributed by atoms with Crippen LogP contribution < -0.4 is 5.73 Å². The molecule has 0 aliphatic rings. The van der Waals surface area contributed by atoms with Crippen LogP contribution in [0.4, 0.5) is 10.3 Å². The molecule has 1 heterocycles. The van der Waals surface area contributed by atoms with Gasteiger partial charge >= 0.3 is 0 Å². The molecule has 0 aliphatic heterocycles. The van der Waals surface area contributed by atoms with Crippen LogP contribution in [0.5, 0.6) is 0 Å². The van der Waals surface area contributed by atoms with Crippen molar-refractivity contribution < 1.29 is 4.39 Å². The lowest BCUT2D eigenvalue weighted by atomic mass is 10.3. The molecule has 0 atom stereocenters. The summed E-state index contributed by atoms with van der Waals surface area (Å²) in [4.78, 5) is 4.23. The van der Waals surface area contributed by atoms with E-state index in [2.05, 4.69) is 4.98 Å². The number of hydrogen-bond acceptors (Lipinski definition) is 3. The monoisotopic (exact) mass is 351 g/mol. The first-order valence-corrected chi connectivity index (χ1v) is 7.20. The van der Waals surface area contributed by atoms with E-state index in [0.717, 1.165) is 23.3 Å². The van der Waals surface area contributed by atoms with Crippen LogP contribution in [-0.2, 0) is 6.54 Å². The number of imidazole rings is 1. The molecule has 1 aromatic heterocycles. The fourth-order valence-corrected chi connectivity index (χ4v) is 2.37. The van der Waals surface area contributed by atoms with Crippen molar-refractivity contribution in [3.63, 3.8) is 0 Å². The third-order valence-electron chi connectivity index (χ3n) is 2.34. The fraction of sp³-hybridized carbons (Fsp3) is 0.300. The second-order valence-corrected chi connectivity index (χ2v) is 5.52. The number of nitrogen functional groups attached to an aromatic ring is 1. The summed E-state index contributed by atoms with van der Waals surface area (Å²) in [7, 11) is 0. The first-order chi connectivity index (χ1) is 7.63. The van der Waals surface area contributed by atoms with Gasteiger partial charge in [-0.15, -0.1) is 0 Å². The largest absolute Gasteiger partial charge is 0.369 e. The third-order valence-corrected chi connectivity index (χ3v) is 3.76. The van der Waals surface area contributed by atoms with Crippen LogP contribution in [0.15, 0.2) is 12.1 Å². The zero-order chi connectivity index (χ0) is 11.7. The molecule has 6 heteroatoms. The number of hydrogen-bond donors (Lipinski definition) is 1. The van der Waals surface area contributed by atoms with Crippen LogP contribution in [0.1, 0.15) is 0 Å². The number of halogens is 2. The smallest absolute Gasteiger partial charge is 0.201 e. The molecule has 1 aromatic carbocycles. The highest BCUT2D eigenvalue weighted by molar-refractivity contribution is 14.1. The summed E-state index contributed by atoms with van der Waals surface area (Å²) in [6, 6.07) is 3.22. The van der Waals surface area contributed by atoms with Crippen molar-refractivity contribution in [2.24, 2.45) is 0 Å². The van der Waals surface area contributed by atoms with E-state index in [1.807, 2.05) is 33.4 Å². The second kappa shape index (κ2) is 4.79. The Morgan fingerprint density at radius 2 is 2.31 bits per heavy atom. The van der Waals surface area contributed by atoms with Crippen molar-refractivity contribution in [3.05, 3.63) is 21.5 Å². The van der Waals surface area contributed by atoms with Gasteiger partial charge in [0.1, 0.15) is 5.82 Å². The highest BCUT2D eigenvalue weighted by Crippen LogP contribution is 2.23. The molecule has 0 fully saturated rings. The molecule has 0 radical (unpaired) electrons. The standard InChI is InChI=1S/C10H11FIN3S/c1-16-3-2-15-9-4-6(11)7(12)5-8(9)14-10(15)13/h4-5H,2-3H2,1H3,(H2,13,14). The molecule has 0 aliphatic carbocycles. The Hall–Kier alpha value is -0.500.